The monoisotopic (exact) mass is 170 g/mol. The van der Waals surface area contributed by atoms with Crippen molar-refractivity contribution in [2.45, 2.75) is 50.7 Å². The second kappa shape index (κ2) is 3.35. The summed E-state index contributed by atoms with van der Waals surface area (Å²) in [7, 11) is 0. The smallest absolute Gasteiger partial charge is 0.0829 e. The molecular weight excluding hydrogens is 152 g/mol. The van der Waals surface area contributed by atoms with Gasteiger partial charge in [-0.05, 0) is 24.7 Å². The number of hydrogen-bond acceptors (Lipinski definition) is 2. The van der Waals surface area contributed by atoms with Crippen molar-refractivity contribution in [3.8, 4) is 0 Å². The molecule has 0 aromatic heterocycles. The normalized spacial score (nSPS) is 44.0. The highest BCUT2D eigenvalue weighted by Crippen LogP contribution is 2.40. The van der Waals surface area contributed by atoms with Crippen LogP contribution in [0.1, 0.15) is 38.5 Å². The van der Waals surface area contributed by atoms with E-state index in [1.165, 1.54) is 25.7 Å². The zero-order valence-corrected chi connectivity index (χ0v) is 7.45. The Kier molecular flexibility index (Phi) is 2.37. The fraction of sp³-hybridized carbons (Fsp3) is 1.00. The molecule has 2 rings (SSSR count). The fourth-order valence-electron chi connectivity index (χ4n) is 2.89. The lowest BCUT2D eigenvalue weighted by Gasteiger charge is -2.22. The van der Waals surface area contributed by atoms with Gasteiger partial charge in [0.2, 0.25) is 0 Å². The highest BCUT2D eigenvalue weighted by Gasteiger charge is 2.38. The largest absolute Gasteiger partial charge is 0.390 e. The summed E-state index contributed by atoms with van der Waals surface area (Å²) in [5.74, 6) is 1.11. The minimum atomic E-state index is -0.435. The van der Waals surface area contributed by atoms with Gasteiger partial charge in [0.1, 0.15) is 0 Å². The van der Waals surface area contributed by atoms with E-state index in [1.807, 2.05) is 0 Å². The van der Waals surface area contributed by atoms with Crippen molar-refractivity contribution < 1.29 is 10.2 Å². The van der Waals surface area contributed by atoms with Crippen molar-refractivity contribution in [1.29, 1.82) is 0 Å². The molecule has 0 amide bonds. The van der Waals surface area contributed by atoms with Crippen LogP contribution in [-0.2, 0) is 0 Å². The number of aliphatic hydroxyl groups excluding tert-OH is 2. The van der Waals surface area contributed by atoms with Gasteiger partial charge in [0.25, 0.3) is 0 Å². The van der Waals surface area contributed by atoms with E-state index in [4.69, 9.17) is 0 Å². The molecule has 0 saturated heterocycles. The van der Waals surface area contributed by atoms with Gasteiger partial charge in [-0.2, -0.15) is 0 Å². The predicted octanol–water partition coefficient (Wildman–Crippen LogP) is 1.31. The Bertz CT molecular complexity index is 152. The van der Waals surface area contributed by atoms with Gasteiger partial charge >= 0.3 is 0 Å². The van der Waals surface area contributed by atoms with E-state index in [-0.39, 0.29) is 0 Å². The van der Waals surface area contributed by atoms with E-state index >= 15 is 0 Å². The van der Waals surface area contributed by atoms with Gasteiger partial charge in [-0.15, -0.1) is 0 Å². The van der Waals surface area contributed by atoms with Gasteiger partial charge in [0, 0.05) is 0 Å². The molecule has 2 saturated carbocycles. The average Bonchev–Trinajstić information content (AvgIpc) is 2.64. The summed E-state index contributed by atoms with van der Waals surface area (Å²) >= 11 is 0. The summed E-state index contributed by atoms with van der Waals surface area (Å²) in [6.45, 7) is 0. The molecule has 12 heavy (non-hydrogen) atoms. The van der Waals surface area contributed by atoms with E-state index in [9.17, 15) is 10.2 Å². The summed E-state index contributed by atoms with van der Waals surface area (Å²) in [5, 5.41) is 19.0. The topological polar surface area (TPSA) is 40.5 Å². The number of aliphatic hydroxyl groups is 2. The van der Waals surface area contributed by atoms with Crippen LogP contribution >= 0.6 is 0 Å². The number of hydrogen-bond donors (Lipinski definition) is 2. The van der Waals surface area contributed by atoms with Crippen LogP contribution in [0.3, 0.4) is 0 Å². The van der Waals surface area contributed by atoms with E-state index in [1.54, 1.807) is 0 Å². The Labute approximate surface area is 73.6 Å². The van der Waals surface area contributed by atoms with Crippen molar-refractivity contribution in [3.05, 3.63) is 0 Å². The second-order valence-corrected chi connectivity index (χ2v) is 4.34. The summed E-state index contributed by atoms with van der Waals surface area (Å²) < 4.78 is 0. The van der Waals surface area contributed by atoms with Crippen molar-refractivity contribution in [2.24, 2.45) is 11.8 Å². The first kappa shape index (κ1) is 8.52. The molecular formula is C10H18O2. The first-order valence-electron chi connectivity index (χ1n) is 5.15. The Hall–Kier alpha value is -0.0800. The first-order chi connectivity index (χ1) is 5.79. The summed E-state index contributed by atoms with van der Waals surface area (Å²) in [4.78, 5) is 0. The SMILES string of the molecule is OC1CCC(C2CCCC2)C1O. The quantitative estimate of drug-likeness (QED) is 0.623. The van der Waals surface area contributed by atoms with Crippen LogP contribution in [0.25, 0.3) is 0 Å². The van der Waals surface area contributed by atoms with E-state index in [2.05, 4.69) is 0 Å². The zero-order valence-electron chi connectivity index (χ0n) is 7.45. The van der Waals surface area contributed by atoms with Crippen LogP contribution in [0.5, 0.6) is 0 Å². The molecule has 0 heterocycles. The molecule has 0 aromatic carbocycles. The van der Waals surface area contributed by atoms with Crippen molar-refractivity contribution in [1.82, 2.24) is 0 Å². The molecule has 70 valence electrons. The van der Waals surface area contributed by atoms with Gasteiger partial charge in [-0.25, -0.2) is 0 Å². The lowest BCUT2D eigenvalue weighted by atomic mass is 9.88. The number of rotatable bonds is 1. The van der Waals surface area contributed by atoms with Crippen LogP contribution in [0, 0.1) is 11.8 Å². The Balaban J connectivity index is 1.95. The third-order valence-corrected chi connectivity index (χ3v) is 3.63. The average molecular weight is 170 g/mol. The third kappa shape index (κ3) is 1.38. The molecule has 2 aliphatic rings. The van der Waals surface area contributed by atoms with Gasteiger partial charge < -0.3 is 10.2 Å². The van der Waals surface area contributed by atoms with Crippen LogP contribution in [0.2, 0.25) is 0 Å². The highest BCUT2D eigenvalue weighted by molar-refractivity contribution is 4.89. The highest BCUT2D eigenvalue weighted by atomic mass is 16.3. The Morgan fingerprint density at radius 1 is 0.833 bits per heavy atom. The molecule has 2 nitrogen and oxygen atoms in total. The van der Waals surface area contributed by atoms with Crippen molar-refractivity contribution in [2.75, 3.05) is 0 Å². The van der Waals surface area contributed by atoms with Gasteiger partial charge in [-0.1, -0.05) is 25.7 Å². The van der Waals surface area contributed by atoms with Crippen LogP contribution in [-0.4, -0.2) is 22.4 Å². The Morgan fingerprint density at radius 2 is 1.50 bits per heavy atom. The molecule has 2 N–H and O–H groups in total. The van der Waals surface area contributed by atoms with E-state index in [0.29, 0.717) is 11.8 Å². The van der Waals surface area contributed by atoms with Crippen LogP contribution < -0.4 is 0 Å². The zero-order chi connectivity index (χ0) is 8.55. The molecule has 0 spiro atoms. The predicted molar refractivity (Wildman–Crippen MR) is 46.7 cm³/mol. The molecule has 2 fully saturated rings. The molecule has 2 heteroatoms. The maximum Gasteiger partial charge on any atom is 0.0829 e. The molecule has 0 bridgehead atoms. The Morgan fingerprint density at radius 3 is 2.00 bits per heavy atom. The van der Waals surface area contributed by atoms with E-state index < -0.39 is 12.2 Å². The fourth-order valence-corrected chi connectivity index (χ4v) is 2.89. The van der Waals surface area contributed by atoms with Gasteiger partial charge in [0.05, 0.1) is 12.2 Å². The molecule has 3 unspecified atom stereocenters. The first-order valence-corrected chi connectivity index (χ1v) is 5.15. The van der Waals surface area contributed by atoms with Crippen LogP contribution in [0.4, 0.5) is 0 Å². The minimum absolute atomic E-state index is 0.405. The standard InChI is InChI=1S/C10H18O2/c11-9-6-5-8(10(9)12)7-3-1-2-4-7/h7-12H,1-6H2. The molecule has 0 aliphatic heterocycles. The molecule has 0 aromatic rings. The lowest BCUT2D eigenvalue weighted by molar-refractivity contribution is 0.00678. The third-order valence-electron chi connectivity index (χ3n) is 3.63. The molecule has 2 aliphatic carbocycles. The maximum atomic E-state index is 9.67. The van der Waals surface area contributed by atoms with Crippen molar-refractivity contribution in [3.63, 3.8) is 0 Å². The van der Waals surface area contributed by atoms with E-state index in [0.717, 1.165) is 12.8 Å². The molecule has 3 atom stereocenters. The summed E-state index contributed by atoms with van der Waals surface area (Å²) in [6.07, 6.45) is 6.18. The summed E-state index contributed by atoms with van der Waals surface area (Å²) in [6, 6.07) is 0. The van der Waals surface area contributed by atoms with Crippen LogP contribution in [0.15, 0.2) is 0 Å². The minimum Gasteiger partial charge on any atom is -0.390 e. The van der Waals surface area contributed by atoms with Crippen molar-refractivity contribution >= 4 is 0 Å². The van der Waals surface area contributed by atoms with Gasteiger partial charge in [-0.3, -0.25) is 0 Å². The second-order valence-electron chi connectivity index (χ2n) is 4.34. The van der Waals surface area contributed by atoms with Gasteiger partial charge in [0.15, 0.2) is 0 Å². The maximum absolute atomic E-state index is 9.67. The molecule has 0 radical (unpaired) electrons. The lowest BCUT2D eigenvalue weighted by Crippen LogP contribution is -2.28. The summed E-state index contributed by atoms with van der Waals surface area (Å²) in [5.41, 5.74) is 0.